The number of hydrogen-bond donors (Lipinski definition) is 2. The number of aromatic nitrogens is 3. The first-order valence-electron chi connectivity index (χ1n) is 8.41. The van der Waals surface area contributed by atoms with Gasteiger partial charge in [0.25, 0.3) is 0 Å². The maximum atomic E-state index is 11.9. The predicted molar refractivity (Wildman–Crippen MR) is 106 cm³/mol. The molecular formula is C19H19N5O3S. The fraction of sp³-hybridized carbons (Fsp3) is 0.158. The molecule has 3 N–H and O–H groups in total. The second kappa shape index (κ2) is 9.05. The number of nitrogens with one attached hydrogen (secondary N) is 1. The molecule has 0 spiro atoms. The van der Waals surface area contributed by atoms with E-state index in [9.17, 15) is 9.59 Å². The number of rotatable bonds is 8. The Bertz CT molecular complexity index is 957. The summed E-state index contributed by atoms with van der Waals surface area (Å²) < 4.78 is 7.09. The van der Waals surface area contributed by atoms with Crippen LogP contribution in [0.4, 0.5) is 0 Å². The highest BCUT2D eigenvalue weighted by molar-refractivity contribution is 7.99. The van der Waals surface area contributed by atoms with Gasteiger partial charge in [-0.25, -0.2) is 0 Å². The van der Waals surface area contributed by atoms with Gasteiger partial charge in [0.1, 0.15) is 5.75 Å². The van der Waals surface area contributed by atoms with Crippen molar-refractivity contribution in [1.82, 2.24) is 20.1 Å². The largest absolute Gasteiger partial charge is 0.497 e. The van der Waals surface area contributed by atoms with Crippen molar-refractivity contribution in [2.75, 3.05) is 19.4 Å². The molecule has 0 saturated carbocycles. The molecule has 0 aliphatic carbocycles. The summed E-state index contributed by atoms with van der Waals surface area (Å²) in [5.74, 6) is 0.579. The van der Waals surface area contributed by atoms with E-state index in [4.69, 9.17) is 10.5 Å². The molecule has 1 heterocycles. The third-order valence-electron chi connectivity index (χ3n) is 3.79. The van der Waals surface area contributed by atoms with Crippen LogP contribution in [-0.2, 0) is 9.59 Å². The van der Waals surface area contributed by atoms with Crippen molar-refractivity contribution >= 4 is 23.6 Å². The summed E-state index contributed by atoms with van der Waals surface area (Å²) in [7, 11) is 1.61. The third kappa shape index (κ3) is 4.68. The summed E-state index contributed by atoms with van der Waals surface area (Å²) in [6.45, 7) is -0.193. The smallest absolute Gasteiger partial charge is 0.236 e. The van der Waals surface area contributed by atoms with Crippen molar-refractivity contribution in [2.24, 2.45) is 5.73 Å². The number of benzene rings is 2. The van der Waals surface area contributed by atoms with Crippen molar-refractivity contribution in [3.05, 3.63) is 54.6 Å². The highest BCUT2D eigenvalue weighted by atomic mass is 32.2. The molecule has 3 rings (SSSR count). The molecule has 0 saturated heterocycles. The molecule has 0 bridgehead atoms. The van der Waals surface area contributed by atoms with Gasteiger partial charge in [-0.05, 0) is 36.4 Å². The average Bonchev–Trinajstić information content (AvgIpc) is 3.15. The SMILES string of the molecule is COc1ccc(-c2nnc(SCC(=O)NCC(N)=O)n2-c2ccccc2)cc1. The second-order valence-corrected chi connectivity index (χ2v) is 6.68. The van der Waals surface area contributed by atoms with Crippen LogP contribution >= 0.6 is 11.8 Å². The maximum absolute atomic E-state index is 11.9. The molecule has 9 heteroatoms. The van der Waals surface area contributed by atoms with Gasteiger partial charge in [0.2, 0.25) is 11.8 Å². The Labute approximate surface area is 166 Å². The van der Waals surface area contributed by atoms with Crippen molar-refractivity contribution in [3.8, 4) is 22.8 Å². The number of ether oxygens (including phenoxy) is 1. The number of para-hydroxylation sites is 1. The van der Waals surface area contributed by atoms with Crippen molar-refractivity contribution in [1.29, 1.82) is 0 Å². The number of thioether (sulfide) groups is 1. The van der Waals surface area contributed by atoms with Crippen LogP contribution in [0.25, 0.3) is 17.1 Å². The van der Waals surface area contributed by atoms with Crippen LogP contribution in [0.5, 0.6) is 5.75 Å². The molecule has 0 unspecified atom stereocenters. The van der Waals surface area contributed by atoms with E-state index in [1.54, 1.807) is 7.11 Å². The van der Waals surface area contributed by atoms with Crippen molar-refractivity contribution < 1.29 is 14.3 Å². The molecule has 0 radical (unpaired) electrons. The third-order valence-corrected chi connectivity index (χ3v) is 4.72. The van der Waals surface area contributed by atoms with Gasteiger partial charge in [0, 0.05) is 11.3 Å². The van der Waals surface area contributed by atoms with E-state index in [-0.39, 0.29) is 18.2 Å². The maximum Gasteiger partial charge on any atom is 0.236 e. The standard InChI is InChI=1S/C19H19N5O3S/c1-27-15-9-7-13(8-10-15)18-22-23-19(24(18)14-5-3-2-4-6-14)28-12-17(26)21-11-16(20)25/h2-10H,11-12H2,1H3,(H2,20,25)(H,21,26). The van der Waals surface area contributed by atoms with E-state index in [0.717, 1.165) is 17.0 Å². The van der Waals surface area contributed by atoms with E-state index in [0.29, 0.717) is 11.0 Å². The zero-order chi connectivity index (χ0) is 19.9. The number of amides is 2. The lowest BCUT2D eigenvalue weighted by atomic mass is 10.2. The second-order valence-electron chi connectivity index (χ2n) is 5.74. The van der Waals surface area contributed by atoms with Crippen LogP contribution in [0.2, 0.25) is 0 Å². The highest BCUT2D eigenvalue weighted by Gasteiger charge is 2.17. The van der Waals surface area contributed by atoms with Crippen LogP contribution in [-0.4, -0.2) is 46.0 Å². The molecule has 8 nitrogen and oxygen atoms in total. The average molecular weight is 397 g/mol. The van der Waals surface area contributed by atoms with Gasteiger partial charge in [-0.3, -0.25) is 14.2 Å². The van der Waals surface area contributed by atoms with Crippen molar-refractivity contribution in [3.63, 3.8) is 0 Å². The van der Waals surface area contributed by atoms with E-state index in [1.807, 2.05) is 59.2 Å². The van der Waals surface area contributed by atoms with Gasteiger partial charge in [0.15, 0.2) is 11.0 Å². The molecule has 144 valence electrons. The minimum absolute atomic E-state index is 0.0842. The topological polar surface area (TPSA) is 112 Å². The number of nitrogens with two attached hydrogens (primary N) is 1. The van der Waals surface area contributed by atoms with E-state index < -0.39 is 5.91 Å². The summed E-state index contributed by atoms with van der Waals surface area (Å²) in [5, 5.41) is 11.6. The van der Waals surface area contributed by atoms with Crippen molar-refractivity contribution in [2.45, 2.75) is 5.16 Å². The number of methoxy groups -OCH3 is 1. The summed E-state index contributed by atoms with van der Waals surface area (Å²) in [5.41, 5.74) is 6.78. The summed E-state index contributed by atoms with van der Waals surface area (Å²) in [4.78, 5) is 22.7. The predicted octanol–water partition coefficient (Wildman–Crippen LogP) is 1.64. The minimum atomic E-state index is -0.590. The first kappa shape index (κ1) is 19.4. The Balaban J connectivity index is 1.89. The molecule has 2 amide bonds. The Morgan fingerprint density at radius 1 is 1.11 bits per heavy atom. The zero-order valence-electron chi connectivity index (χ0n) is 15.2. The lowest BCUT2D eigenvalue weighted by Crippen LogP contribution is -2.34. The Morgan fingerprint density at radius 2 is 1.82 bits per heavy atom. The van der Waals surface area contributed by atoms with Gasteiger partial charge in [-0.15, -0.1) is 10.2 Å². The number of carbonyl (C=O) groups is 2. The molecule has 3 aromatic rings. The molecule has 1 aromatic heterocycles. The number of nitrogens with zero attached hydrogens (tertiary/aromatic N) is 3. The van der Waals surface area contributed by atoms with E-state index in [1.165, 1.54) is 11.8 Å². The van der Waals surface area contributed by atoms with Crippen LogP contribution in [0.1, 0.15) is 0 Å². The molecule has 28 heavy (non-hydrogen) atoms. The highest BCUT2D eigenvalue weighted by Crippen LogP contribution is 2.28. The van der Waals surface area contributed by atoms with Crippen LogP contribution in [0.3, 0.4) is 0 Å². The van der Waals surface area contributed by atoms with Gasteiger partial charge in [-0.1, -0.05) is 30.0 Å². The first-order chi connectivity index (χ1) is 13.6. The zero-order valence-corrected chi connectivity index (χ0v) is 16.0. The summed E-state index contributed by atoms with van der Waals surface area (Å²) >= 11 is 1.23. The molecule has 0 aliphatic rings. The van der Waals surface area contributed by atoms with Crippen LogP contribution in [0, 0.1) is 0 Å². The molecule has 2 aromatic carbocycles. The van der Waals surface area contributed by atoms with Crippen LogP contribution < -0.4 is 15.8 Å². The van der Waals surface area contributed by atoms with E-state index >= 15 is 0 Å². The number of hydrogen-bond acceptors (Lipinski definition) is 6. The summed E-state index contributed by atoms with van der Waals surface area (Å²) in [6, 6.07) is 17.1. The lowest BCUT2D eigenvalue weighted by molar-refractivity contribution is -0.123. The normalized spacial score (nSPS) is 10.5. The fourth-order valence-corrected chi connectivity index (χ4v) is 3.25. The van der Waals surface area contributed by atoms with E-state index in [2.05, 4.69) is 15.5 Å². The quantitative estimate of drug-likeness (QED) is 0.559. The molecule has 0 fully saturated rings. The summed E-state index contributed by atoms with van der Waals surface area (Å²) in [6.07, 6.45) is 0. The molecule has 0 atom stereocenters. The number of primary amides is 1. The van der Waals surface area contributed by atoms with Gasteiger partial charge < -0.3 is 15.8 Å². The Kier molecular flexibility index (Phi) is 6.28. The first-order valence-corrected chi connectivity index (χ1v) is 9.40. The van der Waals surface area contributed by atoms with Gasteiger partial charge >= 0.3 is 0 Å². The minimum Gasteiger partial charge on any atom is -0.497 e. The lowest BCUT2D eigenvalue weighted by Gasteiger charge is -2.10. The van der Waals surface area contributed by atoms with Gasteiger partial charge in [0.05, 0.1) is 19.4 Å². The monoisotopic (exact) mass is 397 g/mol. The fourth-order valence-electron chi connectivity index (χ4n) is 2.47. The molecule has 0 aliphatic heterocycles. The Morgan fingerprint density at radius 3 is 2.46 bits per heavy atom. The Hall–Kier alpha value is -3.33. The molecular weight excluding hydrogens is 378 g/mol. The van der Waals surface area contributed by atoms with Gasteiger partial charge in [-0.2, -0.15) is 0 Å². The van der Waals surface area contributed by atoms with Crippen LogP contribution in [0.15, 0.2) is 59.8 Å². The number of carbonyl (C=O) groups excluding carboxylic acids is 2.